The van der Waals surface area contributed by atoms with E-state index in [0.29, 0.717) is 12.0 Å². The third kappa shape index (κ3) is 1.56. The van der Waals surface area contributed by atoms with Crippen LogP contribution in [0.5, 0.6) is 0 Å². The second-order valence-electron chi connectivity index (χ2n) is 5.20. The van der Waals surface area contributed by atoms with Gasteiger partial charge >= 0.3 is 0 Å². The fourth-order valence-electron chi connectivity index (χ4n) is 3.54. The zero-order valence-corrected chi connectivity index (χ0v) is 9.70. The second-order valence-corrected chi connectivity index (χ2v) is 5.20. The summed E-state index contributed by atoms with van der Waals surface area (Å²) in [6.45, 7) is 0. The summed E-state index contributed by atoms with van der Waals surface area (Å²) in [5.41, 5.74) is 1.32. The van der Waals surface area contributed by atoms with Crippen molar-refractivity contribution in [2.45, 2.75) is 43.7 Å². The van der Waals surface area contributed by atoms with E-state index in [1.54, 1.807) is 12.1 Å². The van der Waals surface area contributed by atoms with Crippen molar-refractivity contribution in [2.75, 3.05) is 7.05 Å². The first kappa shape index (κ1) is 10.3. The Kier molecular flexibility index (Phi) is 2.47. The molecule has 2 bridgehead atoms. The van der Waals surface area contributed by atoms with Gasteiger partial charge in [0.2, 0.25) is 0 Å². The molecule has 2 heterocycles. The molecule has 1 aromatic rings. The number of halogens is 1. The molecule has 0 amide bonds. The second kappa shape index (κ2) is 3.85. The number of piperidine rings is 1. The highest BCUT2D eigenvalue weighted by Crippen LogP contribution is 2.42. The highest BCUT2D eigenvalue weighted by molar-refractivity contribution is 5.24. The molecular formula is C14H18FN. The third-order valence-corrected chi connectivity index (χ3v) is 4.47. The summed E-state index contributed by atoms with van der Waals surface area (Å²) >= 11 is 0. The molecule has 2 saturated heterocycles. The van der Waals surface area contributed by atoms with Crippen LogP contribution in [0.3, 0.4) is 0 Å². The number of hydrogen-bond donors (Lipinski definition) is 0. The SMILES string of the molecule is CN1C2CCC(c3ccc(F)cc3)C1CC2. The lowest BCUT2D eigenvalue weighted by molar-refractivity contribution is 0.156. The van der Waals surface area contributed by atoms with Crippen LogP contribution < -0.4 is 0 Å². The van der Waals surface area contributed by atoms with E-state index < -0.39 is 0 Å². The Morgan fingerprint density at radius 2 is 1.75 bits per heavy atom. The molecule has 3 unspecified atom stereocenters. The monoisotopic (exact) mass is 219 g/mol. The fourth-order valence-corrected chi connectivity index (χ4v) is 3.54. The Balaban J connectivity index is 1.87. The highest BCUT2D eigenvalue weighted by atomic mass is 19.1. The maximum atomic E-state index is 12.9. The molecule has 0 N–H and O–H groups in total. The lowest BCUT2D eigenvalue weighted by Crippen LogP contribution is -2.40. The number of fused-ring (bicyclic) bond motifs is 2. The summed E-state index contributed by atoms with van der Waals surface area (Å²) in [5.74, 6) is 0.488. The van der Waals surface area contributed by atoms with E-state index in [1.807, 2.05) is 12.1 Å². The van der Waals surface area contributed by atoms with E-state index in [9.17, 15) is 4.39 Å². The first-order valence-electron chi connectivity index (χ1n) is 6.23. The van der Waals surface area contributed by atoms with Gasteiger partial charge in [-0.1, -0.05) is 12.1 Å². The average Bonchev–Trinajstić information content (AvgIpc) is 2.52. The van der Waals surface area contributed by atoms with Crippen LogP contribution in [0.25, 0.3) is 0 Å². The summed E-state index contributed by atoms with van der Waals surface area (Å²) in [5, 5.41) is 0. The van der Waals surface area contributed by atoms with Crippen molar-refractivity contribution in [1.82, 2.24) is 4.90 Å². The Bertz CT molecular complexity index is 373. The minimum Gasteiger partial charge on any atom is -0.300 e. The lowest BCUT2D eigenvalue weighted by Gasteiger charge is -2.37. The smallest absolute Gasteiger partial charge is 0.123 e. The third-order valence-electron chi connectivity index (χ3n) is 4.47. The van der Waals surface area contributed by atoms with Gasteiger partial charge in [0.05, 0.1) is 0 Å². The average molecular weight is 219 g/mol. The predicted molar refractivity (Wildman–Crippen MR) is 62.9 cm³/mol. The number of likely N-dealkylation sites (N-methyl/N-ethyl adjacent to an activating group) is 1. The number of nitrogens with zero attached hydrogens (tertiary/aromatic N) is 1. The summed E-state index contributed by atoms with van der Waals surface area (Å²) in [6.07, 6.45) is 5.22. The minimum absolute atomic E-state index is 0.128. The molecule has 1 nitrogen and oxygen atoms in total. The Morgan fingerprint density at radius 1 is 1.06 bits per heavy atom. The van der Waals surface area contributed by atoms with Gasteiger partial charge < -0.3 is 0 Å². The first-order valence-corrected chi connectivity index (χ1v) is 6.23. The molecule has 2 aliphatic rings. The lowest BCUT2D eigenvalue weighted by atomic mass is 9.85. The molecule has 1 aromatic carbocycles. The van der Waals surface area contributed by atoms with E-state index in [-0.39, 0.29) is 5.82 Å². The quantitative estimate of drug-likeness (QED) is 0.701. The summed E-state index contributed by atoms with van der Waals surface area (Å²) in [6, 6.07) is 8.61. The molecular weight excluding hydrogens is 201 g/mol. The zero-order chi connectivity index (χ0) is 11.1. The van der Waals surface area contributed by atoms with Gasteiger partial charge in [0.15, 0.2) is 0 Å². The van der Waals surface area contributed by atoms with Gasteiger partial charge in [0, 0.05) is 12.1 Å². The Hall–Kier alpha value is -0.890. The van der Waals surface area contributed by atoms with Crippen molar-refractivity contribution in [3.63, 3.8) is 0 Å². The van der Waals surface area contributed by atoms with Crippen LogP contribution in [0.4, 0.5) is 4.39 Å². The molecule has 3 atom stereocenters. The highest BCUT2D eigenvalue weighted by Gasteiger charge is 2.40. The molecule has 0 spiro atoms. The molecule has 2 fully saturated rings. The topological polar surface area (TPSA) is 3.24 Å². The van der Waals surface area contributed by atoms with E-state index in [1.165, 1.54) is 31.2 Å². The van der Waals surface area contributed by atoms with Gasteiger partial charge in [-0.15, -0.1) is 0 Å². The maximum Gasteiger partial charge on any atom is 0.123 e. The number of benzene rings is 1. The van der Waals surface area contributed by atoms with Gasteiger partial charge in [0.25, 0.3) is 0 Å². The van der Waals surface area contributed by atoms with Crippen LogP contribution in [0, 0.1) is 5.82 Å². The van der Waals surface area contributed by atoms with Crippen molar-refractivity contribution in [3.8, 4) is 0 Å². The van der Waals surface area contributed by atoms with Crippen molar-refractivity contribution in [3.05, 3.63) is 35.6 Å². The molecule has 0 saturated carbocycles. The molecule has 0 radical (unpaired) electrons. The Morgan fingerprint density at radius 3 is 2.50 bits per heavy atom. The van der Waals surface area contributed by atoms with E-state index in [4.69, 9.17) is 0 Å². The van der Waals surface area contributed by atoms with Crippen molar-refractivity contribution < 1.29 is 4.39 Å². The molecule has 2 aliphatic heterocycles. The fraction of sp³-hybridized carbons (Fsp3) is 0.571. The molecule has 86 valence electrons. The van der Waals surface area contributed by atoms with Gasteiger partial charge in [0.1, 0.15) is 5.82 Å². The van der Waals surface area contributed by atoms with Gasteiger partial charge in [-0.3, -0.25) is 4.90 Å². The van der Waals surface area contributed by atoms with Gasteiger partial charge in [-0.05, 0) is 56.3 Å². The van der Waals surface area contributed by atoms with E-state index in [2.05, 4.69) is 11.9 Å². The van der Waals surface area contributed by atoms with Crippen LogP contribution in [-0.2, 0) is 0 Å². The van der Waals surface area contributed by atoms with Crippen LogP contribution in [0.1, 0.15) is 37.2 Å². The molecule has 2 heteroatoms. The summed E-state index contributed by atoms with van der Waals surface area (Å²) < 4.78 is 12.9. The van der Waals surface area contributed by atoms with Crippen LogP contribution in [0.2, 0.25) is 0 Å². The van der Waals surface area contributed by atoms with Gasteiger partial charge in [-0.25, -0.2) is 4.39 Å². The predicted octanol–water partition coefficient (Wildman–Crippen LogP) is 3.17. The van der Waals surface area contributed by atoms with Crippen LogP contribution in [-0.4, -0.2) is 24.0 Å². The minimum atomic E-state index is -0.128. The zero-order valence-electron chi connectivity index (χ0n) is 9.70. The van der Waals surface area contributed by atoms with Crippen molar-refractivity contribution >= 4 is 0 Å². The van der Waals surface area contributed by atoms with Crippen LogP contribution in [0.15, 0.2) is 24.3 Å². The van der Waals surface area contributed by atoms with Gasteiger partial charge in [-0.2, -0.15) is 0 Å². The summed E-state index contributed by atoms with van der Waals surface area (Å²) in [4.78, 5) is 2.54. The normalized spacial score (nSPS) is 34.2. The standard InChI is InChI=1S/C14H18FN/c1-16-12-6-8-13(14(16)9-7-12)10-2-4-11(15)5-3-10/h2-5,12-14H,6-9H2,1H3. The number of rotatable bonds is 1. The molecule has 16 heavy (non-hydrogen) atoms. The first-order chi connectivity index (χ1) is 7.75. The van der Waals surface area contributed by atoms with Crippen LogP contribution >= 0.6 is 0 Å². The largest absolute Gasteiger partial charge is 0.300 e. The van der Waals surface area contributed by atoms with Crippen molar-refractivity contribution in [1.29, 1.82) is 0 Å². The Labute approximate surface area is 96.3 Å². The summed E-state index contributed by atoms with van der Waals surface area (Å²) in [7, 11) is 2.25. The van der Waals surface area contributed by atoms with Crippen molar-refractivity contribution in [2.24, 2.45) is 0 Å². The molecule has 0 aliphatic carbocycles. The number of hydrogen-bond acceptors (Lipinski definition) is 1. The van der Waals surface area contributed by atoms with E-state index in [0.717, 1.165) is 6.04 Å². The van der Waals surface area contributed by atoms with E-state index >= 15 is 0 Å². The molecule has 3 rings (SSSR count). The maximum absolute atomic E-state index is 12.9. The molecule has 0 aromatic heterocycles.